The molecule has 2 heterocycles. The van der Waals surface area contributed by atoms with Gasteiger partial charge in [0.25, 0.3) is 5.91 Å². The highest BCUT2D eigenvalue weighted by Crippen LogP contribution is 2.28. The number of piperidine rings is 1. The molecule has 2 aromatic rings. The van der Waals surface area contributed by atoms with Gasteiger partial charge in [-0.05, 0) is 49.2 Å². The van der Waals surface area contributed by atoms with E-state index in [1.807, 2.05) is 6.07 Å². The molecule has 0 unspecified atom stereocenters. The number of nitrogens with one attached hydrogen (secondary N) is 1. The molecular weight excluding hydrogens is 448 g/mol. The number of nitrogens with zero attached hydrogens (tertiary/aromatic N) is 3. The number of amides is 4. The second-order valence-corrected chi connectivity index (χ2v) is 9.69. The predicted molar refractivity (Wildman–Crippen MR) is 120 cm³/mol. The fraction of sp³-hybridized carbons (Fsp3) is 0.318. The van der Waals surface area contributed by atoms with Crippen molar-refractivity contribution in [2.75, 3.05) is 37.0 Å². The number of ether oxygens (including phenoxy) is 1. The van der Waals surface area contributed by atoms with E-state index in [4.69, 9.17) is 0 Å². The van der Waals surface area contributed by atoms with Crippen LogP contribution < -0.4 is 10.2 Å². The van der Waals surface area contributed by atoms with Gasteiger partial charge in [0.15, 0.2) is 0 Å². The van der Waals surface area contributed by atoms with Gasteiger partial charge in [0.05, 0.1) is 17.7 Å². The predicted octanol–water partition coefficient (Wildman–Crippen LogP) is 2.49. The van der Waals surface area contributed by atoms with E-state index < -0.39 is 16.1 Å². The Morgan fingerprint density at radius 1 is 1.00 bits per heavy atom. The first-order valence-corrected chi connectivity index (χ1v) is 11.9. The van der Waals surface area contributed by atoms with Crippen molar-refractivity contribution in [3.8, 4) is 0 Å². The maximum absolute atomic E-state index is 13.0. The molecule has 10 nitrogen and oxygen atoms in total. The van der Waals surface area contributed by atoms with Crippen LogP contribution in [0.2, 0.25) is 0 Å². The number of methoxy groups -OCH3 is 1. The minimum absolute atomic E-state index is 0.0141. The highest BCUT2D eigenvalue weighted by Gasteiger charge is 2.42. The zero-order chi connectivity index (χ0) is 23.6. The number of carbonyl (C=O) groups excluding carboxylic acids is 3. The molecule has 0 saturated carbocycles. The number of anilines is 2. The Hall–Kier alpha value is -3.44. The van der Waals surface area contributed by atoms with Crippen molar-refractivity contribution in [1.82, 2.24) is 9.21 Å². The standard InChI is InChI=1S/C22H24N4O6S/c1-32-21(28)23-16-7-9-19(10-8-16)33(30,31)24-13-11-17(12-14-24)25-15-20(27)26(22(25)29)18-5-3-2-4-6-18/h2-10,17H,11-15H2,1H3,(H,23,28). The van der Waals surface area contributed by atoms with Gasteiger partial charge >= 0.3 is 12.1 Å². The van der Waals surface area contributed by atoms with Crippen molar-refractivity contribution in [2.24, 2.45) is 0 Å². The summed E-state index contributed by atoms with van der Waals surface area (Å²) < 4.78 is 32.0. The van der Waals surface area contributed by atoms with E-state index in [1.165, 1.54) is 45.5 Å². The van der Waals surface area contributed by atoms with Gasteiger partial charge in [-0.1, -0.05) is 18.2 Å². The lowest BCUT2D eigenvalue weighted by Gasteiger charge is -2.35. The summed E-state index contributed by atoms with van der Waals surface area (Å²) in [5.41, 5.74) is 0.944. The van der Waals surface area contributed by atoms with Crippen LogP contribution in [0, 0.1) is 0 Å². The van der Waals surface area contributed by atoms with Crippen LogP contribution in [0.1, 0.15) is 12.8 Å². The maximum atomic E-state index is 13.0. The van der Waals surface area contributed by atoms with E-state index in [0.29, 0.717) is 24.2 Å². The quantitative estimate of drug-likeness (QED) is 0.669. The second-order valence-electron chi connectivity index (χ2n) is 7.75. The number of carbonyl (C=O) groups is 3. The molecule has 174 valence electrons. The zero-order valence-electron chi connectivity index (χ0n) is 18.0. The van der Waals surface area contributed by atoms with E-state index in [0.717, 1.165) is 0 Å². The molecule has 0 spiro atoms. The molecule has 0 aromatic heterocycles. The number of imide groups is 1. The lowest BCUT2D eigenvalue weighted by molar-refractivity contribution is -0.116. The molecule has 2 aliphatic heterocycles. The Kier molecular flexibility index (Phi) is 6.34. The average Bonchev–Trinajstić information content (AvgIpc) is 3.13. The Labute approximate surface area is 191 Å². The Morgan fingerprint density at radius 2 is 1.64 bits per heavy atom. The fourth-order valence-electron chi connectivity index (χ4n) is 4.06. The van der Waals surface area contributed by atoms with Crippen LogP contribution in [0.25, 0.3) is 0 Å². The van der Waals surface area contributed by atoms with E-state index in [2.05, 4.69) is 10.1 Å². The second kappa shape index (κ2) is 9.20. The van der Waals surface area contributed by atoms with Crippen LogP contribution in [0.15, 0.2) is 59.5 Å². The fourth-order valence-corrected chi connectivity index (χ4v) is 5.53. The first kappa shape index (κ1) is 22.7. The summed E-state index contributed by atoms with van der Waals surface area (Å²) in [4.78, 5) is 39.5. The first-order chi connectivity index (χ1) is 15.8. The molecule has 2 aromatic carbocycles. The monoisotopic (exact) mass is 472 g/mol. The minimum Gasteiger partial charge on any atom is -0.453 e. The van der Waals surface area contributed by atoms with Gasteiger partial charge in [0, 0.05) is 24.8 Å². The summed E-state index contributed by atoms with van der Waals surface area (Å²) >= 11 is 0. The summed E-state index contributed by atoms with van der Waals surface area (Å²) in [6.07, 6.45) is 0.222. The molecular formula is C22H24N4O6S. The average molecular weight is 473 g/mol. The largest absolute Gasteiger partial charge is 0.453 e. The molecule has 0 bridgehead atoms. The first-order valence-electron chi connectivity index (χ1n) is 10.4. The molecule has 2 saturated heterocycles. The van der Waals surface area contributed by atoms with Crippen molar-refractivity contribution in [1.29, 1.82) is 0 Å². The number of benzene rings is 2. The molecule has 4 amide bonds. The number of rotatable bonds is 5. The van der Waals surface area contributed by atoms with Crippen molar-refractivity contribution in [2.45, 2.75) is 23.8 Å². The van der Waals surface area contributed by atoms with Crippen LogP contribution >= 0.6 is 0 Å². The van der Waals surface area contributed by atoms with Gasteiger partial charge in [-0.2, -0.15) is 4.31 Å². The van der Waals surface area contributed by atoms with E-state index >= 15 is 0 Å². The lowest BCUT2D eigenvalue weighted by atomic mass is 10.1. The maximum Gasteiger partial charge on any atom is 0.411 e. The van der Waals surface area contributed by atoms with Crippen LogP contribution in [-0.2, 0) is 19.6 Å². The third-order valence-corrected chi connectivity index (χ3v) is 7.71. The number of hydrogen-bond donors (Lipinski definition) is 1. The van der Waals surface area contributed by atoms with Gasteiger partial charge in [-0.25, -0.2) is 22.9 Å². The van der Waals surface area contributed by atoms with Gasteiger partial charge in [-0.3, -0.25) is 10.1 Å². The van der Waals surface area contributed by atoms with Crippen LogP contribution in [0.3, 0.4) is 0 Å². The van der Waals surface area contributed by atoms with Gasteiger partial charge in [0.2, 0.25) is 10.0 Å². The molecule has 11 heteroatoms. The Morgan fingerprint density at radius 3 is 2.24 bits per heavy atom. The zero-order valence-corrected chi connectivity index (χ0v) is 18.8. The molecule has 33 heavy (non-hydrogen) atoms. The van der Waals surface area contributed by atoms with Crippen molar-refractivity contribution >= 4 is 39.4 Å². The van der Waals surface area contributed by atoms with Gasteiger partial charge < -0.3 is 9.64 Å². The molecule has 0 atom stereocenters. The Bertz CT molecular complexity index is 1150. The summed E-state index contributed by atoms with van der Waals surface area (Å²) in [6, 6.07) is 14.0. The number of hydrogen-bond acceptors (Lipinski definition) is 6. The lowest BCUT2D eigenvalue weighted by Crippen LogP contribution is -2.48. The highest BCUT2D eigenvalue weighted by molar-refractivity contribution is 7.89. The normalized spacial score (nSPS) is 18.0. The minimum atomic E-state index is -3.73. The third kappa shape index (κ3) is 4.55. The summed E-state index contributed by atoms with van der Waals surface area (Å²) in [6.45, 7) is 0.455. The third-order valence-electron chi connectivity index (χ3n) is 5.79. The van der Waals surface area contributed by atoms with Crippen LogP contribution in [0.5, 0.6) is 0 Å². The van der Waals surface area contributed by atoms with Gasteiger partial charge in [-0.15, -0.1) is 0 Å². The van der Waals surface area contributed by atoms with Crippen molar-refractivity contribution in [3.05, 3.63) is 54.6 Å². The van der Waals surface area contributed by atoms with E-state index in [1.54, 1.807) is 24.3 Å². The molecule has 2 aliphatic rings. The summed E-state index contributed by atoms with van der Waals surface area (Å²) in [5, 5.41) is 2.47. The van der Waals surface area contributed by atoms with E-state index in [9.17, 15) is 22.8 Å². The Balaban J connectivity index is 1.40. The van der Waals surface area contributed by atoms with E-state index in [-0.39, 0.29) is 42.5 Å². The van der Waals surface area contributed by atoms with Crippen molar-refractivity contribution < 1.29 is 27.5 Å². The summed E-state index contributed by atoms with van der Waals surface area (Å²) in [7, 11) is -2.49. The molecule has 4 rings (SSSR count). The molecule has 0 radical (unpaired) electrons. The van der Waals surface area contributed by atoms with Crippen molar-refractivity contribution in [3.63, 3.8) is 0 Å². The highest BCUT2D eigenvalue weighted by atomic mass is 32.2. The topological polar surface area (TPSA) is 116 Å². The van der Waals surface area contributed by atoms with Crippen LogP contribution in [-0.4, -0.2) is 68.4 Å². The van der Waals surface area contributed by atoms with Gasteiger partial charge in [0.1, 0.15) is 6.54 Å². The summed E-state index contributed by atoms with van der Waals surface area (Å²) in [5.74, 6) is -0.290. The SMILES string of the molecule is COC(=O)Nc1ccc(S(=O)(=O)N2CCC(N3CC(=O)N(c4ccccc4)C3=O)CC2)cc1. The molecule has 2 fully saturated rings. The molecule has 1 N–H and O–H groups in total. The number of urea groups is 1. The van der Waals surface area contributed by atoms with Crippen LogP contribution in [0.4, 0.5) is 21.0 Å². The number of para-hydroxylation sites is 1. The molecule has 0 aliphatic carbocycles. The smallest absolute Gasteiger partial charge is 0.411 e. The number of sulfonamides is 1.